The lowest BCUT2D eigenvalue weighted by Gasteiger charge is -2.10. The highest BCUT2D eigenvalue weighted by Gasteiger charge is 2.01. The van der Waals surface area contributed by atoms with Crippen LogP contribution in [-0.2, 0) is 16.0 Å². The summed E-state index contributed by atoms with van der Waals surface area (Å²) in [5.41, 5.74) is 0.476. The molecule has 0 atom stereocenters. The van der Waals surface area contributed by atoms with E-state index in [1.165, 1.54) is 13.2 Å². The molecule has 0 aliphatic heterocycles. The van der Waals surface area contributed by atoms with Crippen molar-refractivity contribution in [1.29, 1.82) is 0 Å². The monoisotopic (exact) mass is 165 g/mol. The third-order valence-electron chi connectivity index (χ3n) is 1.54. The van der Waals surface area contributed by atoms with Crippen LogP contribution in [0.4, 0.5) is 0 Å². The standard InChI is InChI=1S/C9H10O3/c1-12-9(11)6-7-4-2-3-5-8(7)10/h2-5,10H,6H2,1H3/p-1. The van der Waals surface area contributed by atoms with E-state index in [4.69, 9.17) is 0 Å². The summed E-state index contributed by atoms with van der Waals surface area (Å²) >= 11 is 0. The largest absolute Gasteiger partial charge is 0.872 e. The van der Waals surface area contributed by atoms with Crippen molar-refractivity contribution < 1.29 is 14.6 Å². The minimum atomic E-state index is -0.390. The lowest BCUT2D eigenvalue weighted by atomic mass is 10.1. The van der Waals surface area contributed by atoms with Gasteiger partial charge < -0.3 is 9.84 Å². The van der Waals surface area contributed by atoms with Gasteiger partial charge in [-0.2, -0.15) is 0 Å². The van der Waals surface area contributed by atoms with Crippen molar-refractivity contribution >= 4 is 5.97 Å². The number of carbonyl (C=O) groups is 1. The summed E-state index contributed by atoms with van der Waals surface area (Å²) in [5, 5.41) is 11.1. The smallest absolute Gasteiger partial charge is 0.309 e. The Labute approximate surface area is 70.6 Å². The molecule has 1 rings (SSSR count). The lowest BCUT2D eigenvalue weighted by Crippen LogP contribution is -2.06. The number of rotatable bonds is 2. The van der Waals surface area contributed by atoms with Gasteiger partial charge in [0.25, 0.3) is 0 Å². The van der Waals surface area contributed by atoms with E-state index >= 15 is 0 Å². The van der Waals surface area contributed by atoms with Crippen LogP contribution in [-0.4, -0.2) is 13.1 Å². The lowest BCUT2D eigenvalue weighted by molar-refractivity contribution is -0.269. The molecule has 0 spiro atoms. The topological polar surface area (TPSA) is 49.4 Å². The molecule has 3 heteroatoms. The van der Waals surface area contributed by atoms with Crippen LogP contribution in [0, 0.1) is 0 Å². The first kappa shape index (κ1) is 8.59. The van der Waals surface area contributed by atoms with E-state index in [0.29, 0.717) is 5.56 Å². The average Bonchev–Trinajstić information content (AvgIpc) is 2.09. The molecule has 0 aliphatic rings. The second-order valence-corrected chi connectivity index (χ2v) is 2.36. The van der Waals surface area contributed by atoms with Gasteiger partial charge in [-0.1, -0.05) is 24.3 Å². The number of esters is 1. The van der Waals surface area contributed by atoms with Crippen molar-refractivity contribution in [2.24, 2.45) is 0 Å². The molecule has 1 aromatic rings. The van der Waals surface area contributed by atoms with Gasteiger partial charge in [0.2, 0.25) is 0 Å². The van der Waals surface area contributed by atoms with Gasteiger partial charge in [0.05, 0.1) is 13.5 Å². The minimum absolute atomic E-state index is 0.0518. The first-order valence-corrected chi connectivity index (χ1v) is 3.56. The Balaban J connectivity index is 2.75. The maximum atomic E-state index is 11.1. The van der Waals surface area contributed by atoms with Crippen LogP contribution in [0.25, 0.3) is 0 Å². The fourth-order valence-electron chi connectivity index (χ4n) is 0.878. The zero-order valence-electron chi connectivity index (χ0n) is 6.74. The Kier molecular flexibility index (Phi) is 2.69. The van der Waals surface area contributed by atoms with Gasteiger partial charge in [0.1, 0.15) is 0 Å². The number of benzene rings is 1. The van der Waals surface area contributed by atoms with Crippen molar-refractivity contribution in [2.45, 2.75) is 6.42 Å². The highest BCUT2D eigenvalue weighted by molar-refractivity contribution is 5.73. The molecule has 12 heavy (non-hydrogen) atoms. The van der Waals surface area contributed by atoms with Crippen LogP contribution < -0.4 is 5.11 Å². The average molecular weight is 165 g/mol. The summed E-state index contributed by atoms with van der Waals surface area (Å²) in [5.74, 6) is -0.513. The predicted octanol–water partition coefficient (Wildman–Crippen LogP) is 0.476. The molecule has 1 aromatic carbocycles. The fourth-order valence-corrected chi connectivity index (χ4v) is 0.878. The normalized spacial score (nSPS) is 9.42. The molecular weight excluding hydrogens is 156 g/mol. The quantitative estimate of drug-likeness (QED) is 0.599. The van der Waals surface area contributed by atoms with Crippen LogP contribution >= 0.6 is 0 Å². The highest BCUT2D eigenvalue weighted by atomic mass is 16.5. The number of carbonyl (C=O) groups excluding carboxylic acids is 1. The van der Waals surface area contributed by atoms with Crippen molar-refractivity contribution in [3.8, 4) is 5.75 Å². The van der Waals surface area contributed by atoms with Gasteiger partial charge >= 0.3 is 5.97 Å². The summed E-state index contributed by atoms with van der Waals surface area (Å²) in [6.45, 7) is 0. The number of methoxy groups -OCH3 is 1. The van der Waals surface area contributed by atoms with Gasteiger partial charge in [0, 0.05) is 0 Å². The molecule has 0 radical (unpaired) electrons. The summed E-state index contributed by atoms with van der Waals surface area (Å²) in [6, 6.07) is 6.42. The Morgan fingerprint density at radius 1 is 1.50 bits per heavy atom. The molecule has 0 bridgehead atoms. The molecule has 0 N–H and O–H groups in total. The van der Waals surface area contributed by atoms with Crippen molar-refractivity contribution in [3.05, 3.63) is 29.8 Å². The first-order valence-electron chi connectivity index (χ1n) is 3.56. The van der Waals surface area contributed by atoms with Gasteiger partial charge in [-0.05, 0) is 5.56 Å². The fraction of sp³-hybridized carbons (Fsp3) is 0.222. The third kappa shape index (κ3) is 1.99. The van der Waals surface area contributed by atoms with Crippen molar-refractivity contribution in [3.63, 3.8) is 0 Å². The van der Waals surface area contributed by atoms with E-state index in [1.807, 2.05) is 0 Å². The SMILES string of the molecule is COC(=O)Cc1ccccc1[O-]. The Morgan fingerprint density at radius 3 is 2.75 bits per heavy atom. The molecule has 0 aliphatic carbocycles. The maximum Gasteiger partial charge on any atom is 0.309 e. The second-order valence-electron chi connectivity index (χ2n) is 2.36. The van der Waals surface area contributed by atoms with Gasteiger partial charge in [-0.25, -0.2) is 0 Å². The molecule has 0 amide bonds. The minimum Gasteiger partial charge on any atom is -0.872 e. The van der Waals surface area contributed by atoms with E-state index in [1.54, 1.807) is 18.2 Å². The van der Waals surface area contributed by atoms with Crippen molar-refractivity contribution in [2.75, 3.05) is 7.11 Å². The summed E-state index contributed by atoms with van der Waals surface area (Å²) < 4.78 is 4.43. The Morgan fingerprint density at radius 2 is 2.17 bits per heavy atom. The molecule has 0 aromatic heterocycles. The van der Waals surface area contributed by atoms with E-state index < -0.39 is 5.97 Å². The first-order chi connectivity index (χ1) is 5.74. The summed E-state index contributed by atoms with van der Waals surface area (Å²) in [4.78, 5) is 10.8. The van der Waals surface area contributed by atoms with Crippen LogP contribution in [0.15, 0.2) is 24.3 Å². The second kappa shape index (κ2) is 3.76. The van der Waals surface area contributed by atoms with E-state index in [9.17, 15) is 9.90 Å². The van der Waals surface area contributed by atoms with Crippen LogP contribution in [0.5, 0.6) is 5.75 Å². The van der Waals surface area contributed by atoms with Crippen molar-refractivity contribution in [1.82, 2.24) is 0 Å². The Hall–Kier alpha value is -1.51. The zero-order valence-corrected chi connectivity index (χ0v) is 6.74. The molecule has 64 valence electrons. The number of para-hydroxylation sites is 1. The molecule has 0 unspecified atom stereocenters. The molecule has 0 heterocycles. The number of ether oxygens (including phenoxy) is 1. The van der Waals surface area contributed by atoms with Crippen LogP contribution in [0.2, 0.25) is 0 Å². The third-order valence-corrected chi connectivity index (χ3v) is 1.54. The van der Waals surface area contributed by atoms with Crippen LogP contribution in [0.3, 0.4) is 0 Å². The molecule has 3 nitrogen and oxygen atoms in total. The van der Waals surface area contributed by atoms with Gasteiger partial charge in [-0.15, -0.1) is 5.75 Å². The highest BCUT2D eigenvalue weighted by Crippen LogP contribution is 2.12. The molecule has 0 saturated carbocycles. The molecule has 0 fully saturated rings. The van der Waals surface area contributed by atoms with Gasteiger partial charge in [0.15, 0.2) is 0 Å². The molecule has 0 saturated heterocycles. The van der Waals surface area contributed by atoms with E-state index in [2.05, 4.69) is 4.74 Å². The summed E-state index contributed by atoms with van der Waals surface area (Å²) in [7, 11) is 1.30. The molecular formula is C9H9O3-. The predicted molar refractivity (Wildman–Crippen MR) is 41.6 cm³/mol. The van der Waals surface area contributed by atoms with E-state index in [0.717, 1.165) is 0 Å². The van der Waals surface area contributed by atoms with E-state index in [-0.39, 0.29) is 12.2 Å². The zero-order chi connectivity index (χ0) is 8.97. The Bertz CT molecular complexity index is 281. The number of hydrogen-bond acceptors (Lipinski definition) is 3. The number of hydrogen-bond donors (Lipinski definition) is 0. The van der Waals surface area contributed by atoms with Gasteiger partial charge in [-0.3, -0.25) is 4.79 Å². The summed E-state index contributed by atoms with van der Waals surface area (Å²) in [6.07, 6.45) is 0.0518. The van der Waals surface area contributed by atoms with Crippen LogP contribution in [0.1, 0.15) is 5.56 Å². The maximum absolute atomic E-state index is 11.1.